The first-order chi connectivity index (χ1) is 11.2. The summed E-state index contributed by atoms with van der Waals surface area (Å²) >= 11 is 0. The summed E-state index contributed by atoms with van der Waals surface area (Å²) in [5.74, 6) is 1.46. The van der Waals surface area contributed by atoms with Crippen LogP contribution in [0.2, 0.25) is 0 Å². The molecule has 0 N–H and O–H groups in total. The van der Waals surface area contributed by atoms with Gasteiger partial charge < -0.3 is 14.2 Å². The van der Waals surface area contributed by atoms with Crippen molar-refractivity contribution >= 4 is 5.97 Å². The predicted octanol–water partition coefficient (Wildman–Crippen LogP) is 1.01. The maximum absolute atomic E-state index is 10.8. The molecule has 6 heteroatoms. The maximum Gasteiger partial charge on any atom is 0.302 e. The fourth-order valence-electron chi connectivity index (χ4n) is 2.95. The smallest absolute Gasteiger partial charge is 0.302 e. The monoisotopic (exact) mass is 320 g/mol. The van der Waals surface area contributed by atoms with Crippen LogP contribution in [0, 0.1) is 0 Å². The van der Waals surface area contributed by atoms with Crippen molar-refractivity contribution in [3.63, 3.8) is 0 Å². The van der Waals surface area contributed by atoms with Gasteiger partial charge in [-0.25, -0.2) is 0 Å². The van der Waals surface area contributed by atoms with Gasteiger partial charge in [0.15, 0.2) is 11.5 Å². The van der Waals surface area contributed by atoms with Gasteiger partial charge in [-0.1, -0.05) is 12.1 Å². The van der Waals surface area contributed by atoms with E-state index in [9.17, 15) is 4.79 Å². The van der Waals surface area contributed by atoms with Crippen molar-refractivity contribution in [1.29, 1.82) is 0 Å². The van der Waals surface area contributed by atoms with Crippen molar-refractivity contribution in [2.75, 3.05) is 52.5 Å². The van der Waals surface area contributed by atoms with Crippen LogP contribution >= 0.6 is 0 Å². The molecule has 0 bridgehead atoms. The lowest BCUT2D eigenvalue weighted by atomic mass is 10.2. The minimum atomic E-state index is -0.210. The Kier molecular flexibility index (Phi) is 5.35. The van der Waals surface area contributed by atoms with Gasteiger partial charge in [-0.3, -0.25) is 14.6 Å². The van der Waals surface area contributed by atoms with Gasteiger partial charge in [0.2, 0.25) is 0 Å². The van der Waals surface area contributed by atoms with Gasteiger partial charge in [-0.15, -0.1) is 0 Å². The van der Waals surface area contributed by atoms with Crippen LogP contribution in [0.25, 0.3) is 0 Å². The topological polar surface area (TPSA) is 51.2 Å². The van der Waals surface area contributed by atoms with Crippen molar-refractivity contribution in [1.82, 2.24) is 9.80 Å². The Morgan fingerprint density at radius 3 is 2.61 bits per heavy atom. The van der Waals surface area contributed by atoms with Crippen LogP contribution in [0.15, 0.2) is 24.3 Å². The SMILES string of the molecule is CC(=O)OCCN1CCN(CC2COc3ccccc3O2)CC1. The summed E-state index contributed by atoms with van der Waals surface area (Å²) in [7, 11) is 0. The van der Waals surface area contributed by atoms with Crippen LogP contribution in [0.1, 0.15) is 6.92 Å². The number of hydrogen-bond donors (Lipinski definition) is 0. The van der Waals surface area contributed by atoms with Crippen LogP contribution in [0.5, 0.6) is 11.5 Å². The number of esters is 1. The summed E-state index contributed by atoms with van der Waals surface area (Å²) in [5, 5.41) is 0. The van der Waals surface area contributed by atoms with Crippen LogP contribution < -0.4 is 9.47 Å². The molecule has 3 rings (SSSR count). The predicted molar refractivity (Wildman–Crippen MR) is 85.9 cm³/mol. The number of nitrogens with zero attached hydrogens (tertiary/aromatic N) is 2. The number of piperazine rings is 1. The Labute approximate surface area is 136 Å². The van der Waals surface area contributed by atoms with Gasteiger partial charge >= 0.3 is 5.97 Å². The molecule has 23 heavy (non-hydrogen) atoms. The standard InChI is InChI=1S/C17H24N2O4/c1-14(20)21-11-10-18-6-8-19(9-7-18)12-15-13-22-16-4-2-3-5-17(16)23-15/h2-5,15H,6-13H2,1H3. The third kappa shape index (κ3) is 4.59. The first-order valence-corrected chi connectivity index (χ1v) is 8.17. The molecule has 6 nitrogen and oxygen atoms in total. The molecule has 0 aromatic heterocycles. The molecule has 0 aliphatic carbocycles. The Balaban J connectivity index is 1.39. The van der Waals surface area contributed by atoms with Gasteiger partial charge in [0, 0.05) is 46.2 Å². The van der Waals surface area contributed by atoms with Crippen LogP contribution in [-0.2, 0) is 9.53 Å². The summed E-state index contributed by atoms with van der Waals surface area (Å²) in [4.78, 5) is 15.5. The number of fused-ring (bicyclic) bond motifs is 1. The molecule has 1 aromatic carbocycles. The lowest BCUT2D eigenvalue weighted by Gasteiger charge is -2.37. The molecule has 0 radical (unpaired) electrons. The van der Waals surface area contributed by atoms with E-state index < -0.39 is 0 Å². The molecule has 2 heterocycles. The molecule has 0 spiro atoms. The number of para-hydroxylation sites is 2. The van der Waals surface area contributed by atoms with E-state index in [2.05, 4.69) is 9.80 Å². The first kappa shape index (κ1) is 16.1. The van der Waals surface area contributed by atoms with Crippen molar-refractivity contribution in [2.24, 2.45) is 0 Å². The molecule has 0 amide bonds. The van der Waals surface area contributed by atoms with E-state index in [1.807, 2.05) is 24.3 Å². The zero-order chi connectivity index (χ0) is 16.1. The molecular formula is C17H24N2O4. The van der Waals surface area contributed by atoms with E-state index in [-0.39, 0.29) is 12.1 Å². The van der Waals surface area contributed by atoms with Crippen molar-refractivity contribution in [2.45, 2.75) is 13.0 Å². The van der Waals surface area contributed by atoms with Crippen LogP contribution in [0.4, 0.5) is 0 Å². The molecule has 2 aliphatic rings. The molecule has 1 atom stereocenters. The normalized spacial score (nSPS) is 21.9. The average molecular weight is 320 g/mol. The van der Waals surface area contributed by atoms with E-state index in [1.165, 1.54) is 6.92 Å². The van der Waals surface area contributed by atoms with Crippen molar-refractivity contribution in [3.05, 3.63) is 24.3 Å². The fourth-order valence-corrected chi connectivity index (χ4v) is 2.95. The first-order valence-electron chi connectivity index (χ1n) is 8.17. The number of carbonyl (C=O) groups excluding carboxylic acids is 1. The van der Waals surface area contributed by atoms with Crippen molar-refractivity contribution < 1.29 is 19.0 Å². The molecule has 1 unspecified atom stereocenters. The highest BCUT2D eigenvalue weighted by molar-refractivity contribution is 5.65. The summed E-state index contributed by atoms with van der Waals surface area (Å²) < 4.78 is 16.8. The van der Waals surface area contributed by atoms with E-state index in [0.29, 0.717) is 13.2 Å². The molecule has 1 fully saturated rings. The zero-order valence-corrected chi connectivity index (χ0v) is 13.6. The molecule has 1 saturated heterocycles. The van der Waals surface area contributed by atoms with Gasteiger partial charge in [0.1, 0.15) is 19.3 Å². The number of rotatable bonds is 5. The quantitative estimate of drug-likeness (QED) is 0.755. The molecule has 2 aliphatic heterocycles. The Morgan fingerprint density at radius 2 is 1.87 bits per heavy atom. The highest BCUT2D eigenvalue weighted by Gasteiger charge is 2.25. The molecule has 126 valence electrons. The third-order valence-corrected chi connectivity index (χ3v) is 4.21. The van der Waals surface area contributed by atoms with Crippen LogP contribution in [-0.4, -0.2) is 74.4 Å². The average Bonchev–Trinajstić information content (AvgIpc) is 2.56. The lowest BCUT2D eigenvalue weighted by Crippen LogP contribution is -2.51. The minimum absolute atomic E-state index is 0.0810. The Bertz CT molecular complexity index is 529. The largest absolute Gasteiger partial charge is 0.486 e. The van der Waals surface area contributed by atoms with Crippen LogP contribution in [0.3, 0.4) is 0 Å². The highest BCUT2D eigenvalue weighted by atomic mass is 16.6. The number of carbonyl (C=O) groups is 1. The zero-order valence-electron chi connectivity index (χ0n) is 13.6. The molecular weight excluding hydrogens is 296 g/mol. The second-order valence-corrected chi connectivity index (χ2v) is 5.98. The summed E-state index contributed by atoms with van der Waals surface area (Å²) in [6.07, 6.45) is 0.0810. The maximum atomic E-state index is 10.8. The van der Waals surface area contributed by atoms with Gasteiger partial charge in [-0.05, 0) is 12.1 Å². The van der Waals surface area contributed by atoms with E-state index >= 15 is 0 Å². The number of ether oxygens (including phenoxy) is 3. The second kappa shape index (κ2) is 7.66. The van der Waals surface area contributed by atoms with Gasteiger partial charge in [0.05, 0.1) is 0 Å². The van der Waals surface area contributed by atoms with Gasteiger partial charge in [0.25, 0.3) is 0 Å². The molecule has 1 aromatic rings. The second-order valence-electron chi connectivity index (χ2n) is 5.98. The summed E-state index contributed by atoms with van der Waals surface area (Å²) in [6.45, 7) is 8.20. The number of benzene rings is 1. The number of hydrogen-bond acceptors (Lipinski definition) is 6. The summed E-state index contributed by atoms with van der Waals surface area (Å²) in [5.41, 5.74) is 0. The van der Waals surface area contributed by atoms with Gasteiger partial charge in [-0.2, -0.15) is 0 Å². The van der Waals surface area contributed by atoms with E-state index in [0.717, 1.165) is 50.8 Å². The van der Waals surface area contributed by atoms with Crippen molar-refractivity contribution in [3.8, 4) is 11.5 Å². The van der Waals surface area contributed by atoms with E-state index in [1.54, 1.807) is 0 Å². The Morgan fingerprint density at radius 1 is 1.17 bits per heavy atom. The Hall–Kier alpha value is -1.79. The summed E-state index contributed by atoms with van der Waals surface area (Å²) in [6, 6.07) is 7.81. The minimum Gasteiger partial charge on any atom is -0.486 e. The fraction of sp³-hybridized carbons (Fsp3) is 0.588. The third-order valence-electron chi connectivity index (χ3n) is 4.21. The highest BCUT2D eigenvalue weighted by Crippen LogP contribution is 2.31. The molecule has 0 saturated carbocycles. The lowest BCUT2D eigenvalue weighted by molar-refractivity contribution is -0.141. The van der Waals surface area contributed by atoms with E-state index in [4.69, 9.17) is 14.2 Å².